The highest BCUT2D eigenvalue weighted by Crippen LogP contribution is 2.24. The molecule has 3 heterocycles. The normalized spacial score (nSPS) is 12.5. The number of benzene rings is 1. The molecule has 0 aliphatic heterocycles. The maximum atomic E-state index is 5.78. The summed E-state index contributed by atoms with van der Waals surface area (Å²) in [5.74, 6) is 1.73. The number of hydrogen-bond donors (Lipinski definition) is 0. The van der Waals surface area contributed by atoms with Gasteiger partial charge in [0.25, 0.3) is 5.22 Å². The van der Waals surface area contributed by atoms with Gasteiger partial charge in [-0.15, -0.1) is 10.2 Å². The van der Waals surface area contributed by atoms with Gasteiger partial charge in [0, 0.05) is 24.6 Å². The Morgan fingerprint density at radius 2 is 1.92 bits per heavy atom. The van der Waals surface area contributed by atoms with E-state index in [9.17, 15) is 0 Å². The number of nitrogens with zero attached hydrogens (tertiary/aromatic N) is 4. The molecule has 0 N–H and O–H groups in total. The Kier molecular flexibility index (Phi) is 4.52. The second-order valence-electron chi connectivity index (χ2n) is 5.96. The van der Waals surface area contributed by atoms with Crippen molar-refractivity contribution in [3.8, 4) is 0 Å². The molecular weight excluding hydrogens is 332 g/mol. The molecule has 0 fully saturated rings. The van der Waals surface area contributed by atoms with Crippen LogP contribution in [0.15, 0.2) is 70.6 Å². The first-order chi connectivity index (χ1) is 12.3. The molecule has 3 aromatic heterocycles. The number of thioether (sulfide) groups is 1. The number of imidazole rings is 1. The van der Waals surface area contributed by atoms with Gasteiger partial charge in [-0.25, -0.2) is 4.98 Å². The van der Waals surface area contributed by atoms with E-state index in [2.05, 4.69) is 46.4 Å². The first-order valence-electron chi connectivity index (χ1n) is 8.20. The van der Waals surface area contributed by atoms with Crippen LogP contribution in [0.25, 0.3) is 5.65 Å². The van der Waals surface area contributed by atoms with Crippen molar-refractivity contribution in [3.63, 3.8) is 0 Å². The molecular formula is C19H18N4OS. The molecule has 1 unspecified atom stereocenters. The molecule has 0 amide bonds. The van der Waals surface area contributed by atoms with Crippen LogP contribution in [0.5, 0.6) is 0 Å². The lowest BCUT2D eigenvalue weighted by molar-refractivity contribution is 0.404. The minimum absolute atomic E-state index is 0.345. The van der Waals surface area contributed by atoms with Crippen LogP contribution in [0.1, 0.15) is 30.0 Å². The quantitative estimate of drug-likeness (QED) is 0.484. The van der Waals surface area contributed by atoms with Gasteiger partial charge in [0.05, 0.1) is 5.69 Å². The first-order valence-corrected chi connectivity index (χ1v) is 9.19. The van der Waals surface area contributed by atoms with Gasteiger partial charge in [0.2, 0.25) is 5.89 Å². The molecule has 0 bridgehead atoms. The molecule has 4 aromatic rings. The van der Waals surface area contributed by atoms with Crippen molar-refractivity contribution >= 4 is 17.4 Å². The van der Waals surface area contributed by atoms with E-state index in [-0.39, 0.29) is 0 Å². The summed E-state index contributed by atoms with van der Waals surface area (Å²) in [6.45, 7) is 2.17. The number of fused-ring (bicyclic) bond motifs is 1. The Hall–Kier alpha value is -2.60. The van der Waals surface area contributed by atoms with Crippen LogP contribution in [-0.4, -0.2) is 19.6 Å². The molecule has 0 aliphatic rings. The fourth-order valence-corrected chi connectivity index (χ4v) is 3.40. The summed E-state index contributed by atoms with van der Waals surface area (Å²) in [7, 11) is 0. The zero-order valence-corrected chi connectivity index (χ0v) is 14.7. The van der Waals surface area contributed by atoms with E-state index in [0.29, 0.717) is 22.8 Å². The molecule has 0 saturated heterocycles. The summed E-state index contributed by atoms with van der Waals surface area (Å²) in [5, 5.41) is 8.91. The Morgan fingerprint density at radius 1 is 1.08 bits per heavy atom. The maximum absolute atomic E-state index is 5.78. The average molecular weight is 350 g/mol. The van der Waals surface area contributed by atoms with Crippen molar-refractivity contribution in [2.24, 2.45) is 0 Å². The molecule has 1 aromatic carbocycles. The van der Waals surface area contributed by atoms with E-state index in [1.165, 1.54) is 17.3 Å². The van der Waals surface area contributed by atoms with Crippen LogP contribution in [-0.2, 0) is 12.2 Å². The van der Waals surface area contributed by atoms with Gasteiger partial charge in [0.1, 0.15) is 5.65 Å². The highest BCUT2D eigenvalue weighted by atomic mass is 32.2. The van der Waals surface area contributed by atoms with Crippen molar-refractivity contribution in [2.75, 3.05) is 0 Å². The third-order valence-corrected chi connectivity index (χ3v) is 4.91. The summed E-state index contributed by atoms with van der Waals surface area (Å²) < 4.78 is 7.79. The molecule has 5 nitrogen and oxygen atoms in total. The van der Waals surface area contributed by atoms with Gasteiger partial charge in [-0.2, -0.15) is 0 Å². The van der Waals surface area contributed by atoms with Crippen molar-refractivity contribution in [1.29, 1.82) is 0 Å². The van der Waals surface area contributed by atoms with Gasteiger partial charge in [0.15, 0.2) is 0 Å². The van der Waals surface area contributed by atoms with Gasteiger partial charge in [-0.3, -0.25) is 0 Å². The van der Waals surface area contributed by atoms with Crippen LogP contribution >= 0.6 is 11.8 Å². The number of aromatic nitrogens is 4. The SMILES string of the molecule is CC(Cc1nnc(SCc2cn3ccccc3n2)o1)c1ccccc1. The molecule has 25 heavy (non-hydrogen) atoms. The van der Waals surface area contributed by atoms with Gasteiger partial charge < -0.3 is 8.82 Å². The van der Waals surface area contributed by atoms with Crippen LogP contribution < -0.4 is 0 Å². The van der Waals surface area contributed by atoms with E-state index in [0.717, 1.165) is 17.8 Å². The highest BCUT2D eigenvalue weighted by Gasteiger charge is 2.13. The first kappa shape index (κ1) is 15.9. The molecule has 6 heteroatoms. The second kappa shape index (κ2) is 7.11. The lowest BCUT2D eigenvalue weighted by Crippen LogP contribution is -1.98. The Balaban J connectivity index is 1.38. The Bertz CT molecular complexity index is 931. The van der Waals surface area contributed by atoms with Crippen molar-refractivity contribution in [1.82, 2.24) is 19.6 Å². The van der Waals surface area contributed by atoms with Crippen LogP contribution in [0.4, 0.5) is 0 Å². The number of rotatable bonds is 6. The maximum Gasteiger partial charge on any atom is 0.276 e. The van der Waals surface area contributed by atoms with E-state index in [1.807, 2.05) is 41.1 Å². The third-order valence-electron chi connectivity index (χ3n) is 4.06. The minimum Gasteiger partial charge on any atom is -0.416 e. The molecule has 126 valence electrons. The summed E-state index contributed by atoms with van der Waals surface area (Å²) in [6, 6.07) is 16.3. The predicted octanol–water partition coefficient (Wildman–Crippen LogP) is 4.36. The van der Waals surface area contributed by atoms with E-state index in [1.54, 1.807) is 0 Å². The van der Waals surface area contributed by atoms with Crippen molar-refractivity contribution in [2.45, 2.75) is 30.2 Å². The topological polar surface area (TPSA) is 56.2 Å². The second-order valence-corrected chi connectivity index (χ2v) is 6.89. The van der Waals surface area contributed by atoms with Crippen molar-refractivity contribution < 1.29 is 4.42 Å². The van der Waals surface area contributed by atoms with Crippen molar-refractivity contribution in [3.05, 3.63) is 78.1 Å². The molecule has 4 rings (SSSR count). The highest BCUT2D eigenvalue weighted by molar-refractivity contribution is 7.98. The molecule has 0 saturated carbocycles. The fourth-order valence-electron chi connectivity index (χ4n) is 2.73. The van der Waals surface area contributed by atoms with Crippen LogP contribution in [0.3, 0.4) is 0 Å². The fraction of sp³-hybridized carbons (Fsp3) is 0.211. The zero-order chi connectivity index (χ0) is 17.1. The molecule has 1 atom stereocenters. The largest absolute Gasteiger partial charge is 0.416 e. The Labute approximate surface area is 150 Å². The van der Waals surface area contributed by atoms with Gasteiger partial charge in [-0.1, -0.05) is 55.1 Å². The van der Waals surface area contributed by atoms with Crippen LogP contribution in [0.2, 0.25) is 0 Å². The summed E-state index contributed by atoms with van der Waals surface area (Å²) in [4.78, 5) is 4.57. The summed E-state index contributed by atoms with van der Waals surface area (Å²) >= 11 is 1.52. The van der Waals surface area contributed by atoms with E-state index in [4.69, 9.17) is 4.42 Å². The van der Waals surface area contributed by atoms with E-state index >= 15 is 0 Å². The predicted molar refractivity (Wildman–Crippen MR) is 97.6 cm³/mol. The smallest absolute Gasteiger partial charge is 0.276 e. The zero-order valence-electron chi connectivity index (χ0n) is 13.9. The molecule has 0 spiro atoms. The molecule has 0 radical (unpaired) electrons. The van der Waals surface area contributed by atoms with E-state index < -0.39 is 0 Å². The monoisotopic (exact) mass is 350 g/mol. The minimum atomic E-state index is 0.345. The number of hydrogen-bond acceptors (Lipinski definition) is 5. The van der Waals surface area contributed by atoms with Crippen LogP contribution in [0, 0.1) is 0 Å². The lowest BCUT2D eigenvalue weighted by Gasteiger charge is -2.08. The average Bonchev–Trinajstić information content (AvgIpc) is 3.26. The van der Waals surface area contributed by atoms with Gasteiger partial charge >= 0.3 is 0 Å². The summed E-state index contributed by atoms with van der Waals surface area (Å²) in [6.07, 6.45) is 4.76. The number of pyridine rings is 1. The lowest BCUT2D eigenvalue weighted by atomic mass is 9.98. The third kappa shape index (κ3) is 3.74. The van der Waals surface area contributed by atoms with Gasteiger partial charge in [-0.05, 0) is 23.6 Å². The molecule has 0 aliphatic carbocycles. The standard InChI is InChI=1S/C19H18N4OS/c1-14(15-7-3-2-4-8-15)11-18-21-22-19(24-18)25-13-16-12-23-10-6-5-9-17(23)20-16/h2-10,12,14H,11,13H2,1H3. The summed E-state index contributed by atoms with van der Waals surface area (Å²) in [5.41, 5.74) is 3.22. The Morgan fingerprint density at radius 3 is 2.76 bits per heavy atom.